The number of hydrogen-bond acceptors (Lipinski definition) is 3. The van der Waals surface area contributed by atoms with E-state index in [1.165, 1.54) is 7.11 Å². The van der Waals surface area contributed by atoms with Crippen LogP contribution in [0.2, 0.25) is 0 Å². The van der Waals surface area contributed by atoms with Crippen LogP contribution < -0.4 is 0 Å². The van der Waals surface area contributed by atoms with Gasteiger partial charge in [0, 0.05) is 11.6 Å². The zero-order valence-corrected chi connectivity index (χ0v) is 7.97. The lowest BCUT2D eigenvalue weighted by molar-refractivity contribution is -0.141. The van der Waals surface area contributed by atoms with Crippen LogP contribution in [0.5, 0.6) is 0 Å². The molecule has 1 unspecified atom stereocenters. The van der Waals surface area contributed by atoms with Crippen molar-refractivity contribution in [3.63, 3.8) is 0 Å². The van der Waals surface area contributed by atoms with E-state index in [0.717, 1.165) is 5.57 Å². The molecule has 0 aromatic carbocycles. The largest absolute Gasteiger partial charge is 0.468 e. The lowest BCUT2D eigenvalue weighted by Crippen LogP contribution is -2.23. The first-order valence-electron chi connectivity index (χ1n) is 3.80. The molecule has 1 atom stereocenters. The zero-order chi connectivity index (χ0) is 9.84. The van der Waals surface area contributed by atoms with Crippen LogP contribution in [0.3, 0.4) is 0 Å². The van der Waals surface area contributed by atoms with Crippen LogP contribution in [0.15, 0.2) is 23.8 Å². The second kappa shape index (κ2) is 4.23. The van der Waals surface area contributed by atoms with Gasteiger partial charge >= 0.3 is 5.97 Å². The van der Waals surface area contributed by atoms with Gasteiger partial charge in [-0.1, -0.05) is 12.2 Å². The first kappa shape index (κ1) is 9.99. The minimum absolute atomic E-state index is 0.227. The summed E-state index contributed by atoms with van der Waals surface area (Å²) in [5.41, 5.74) is 1.07. The molecule has 0 bridgehead atoms. The number of ether oxygens (including phenoxy) is 1. The number of halogens is 1. The fourth-order valence-electron chi connectivity index (χ4n) is 1.08. The van der Waals surface area contributed by atoms with E-state index in [9.17, 15) is 4.79 Å². The quantitative estimate of drug-likeness (QED) is 0.542. The van der Waals surface area contributed by atoms with Crippen molar-refractivity contribution in [1.82, 2.24) is 0 Å². The Morgan fingerprint density at radius 1 is 1.77 bits per heavy atom. The monoisotopic (exact) mass is 199 g/mol. The number of alkyl halides is 1. The van der Waals surface area contributed by atoms with Crippen LogP contribution in [0.1, 0.15) is 0 Å². The normalized spacial score (nSPS) is 21.2. The van der Waals surface area contributed by atoms with Crippen LogP contribution in [-0.2, 0) is 9.53 Å². The molecule has 0 heterocycles. The van der Waals surface area contributed by atoms with Gasteiger partial charge in [-0.15, -0.1) is 11.6 Å². The van der Waals surface area contributed by atoms with Crippen molar-refractivity contribution in [3.05, 3.63) is 23.8 Å². The van der Waals surface area contributed by atoms with Crippen molar-refractivity contribution in [2.45, 2.75) is 0 Å². The van der Waals surface area contributed by atoms with E-state index in [-0.39, 0.29) is 5.71 Å². The van der Waals surface area contributed by atoms with E-state index in [1.54, 1.807) is 18.2 Å². The van der Waals surface area contributed by atoms with Gasteiger partial charge in [-0.3, -0.25) is 4.79 Å². The molecule has 3 nitrogen and oxygen atoms in total. The van der Waals surface area contributed by atoms with Crippen LogP contribution in [-0.4, -0.2) is 24.7 Å². The predicted molar refractivity (Wildman–Crippen MR) is 51.2 cm³/mol. The fraction of sp³-hybridized carbons (Fsp3) is 0.333. The topological polar surface area (TPSA) is 50.2 Å². The van der Waals surface area contributed by atoms with Gasteiger partial charge in [0.2, 0.25) is 0 Å². The number of hydrogen-bond donors (Lipinski definition) is 1. The molecule has 0 radical (unpaired) electrons. The molecule has 70 valence electrons. The Morgan fingerprint density at radius 3 is 2.92 bits per heavy atom. The molecular formula is C9H10ClNO2. The molecule has 1 aliphatic rings. The van der Waals surface area contributed by atoms with Crippen molar-refractivity contribution in [2.24, 2.45) is 5.92 Å². The molecule has 1 rings (SSSR count). The van der Waals surface area contributed by atoms with Gasteiger partial charge in [0.05, 0.1) is 7.11 Å². The highest BCUT2D eigenvalue weighted by Gasteiger charge is 2.22. The third-order valence-corrected chi connectivity index (χ3v) is 2.10. The average Bonchev–Trinajstić information content (AvgIpc) is 2.16. The Bertz CT molecular complexity index is 294. The standard InChI is InChI=1S/C9H10ClNO2/c1-13-9(12)7-3-2-6(5-10)4-8(7)11/h2-4,7,11H,5H2,1H3. The number of esters is 1. The summed E-state index contributed by atoms with van der Waals surface area (Å²) in [7, 11) is 1.31. The third kappa shape index (κ3) is 2.18. The first-order chi connectivity index (χ1) is 6.19. The fourth-order valence-corrected chi connectivity index (χ4v) is 1.24. The molecule has 4 heteroatoms. The highest BCUT2D eigenvalue weighted by molar-refractivity contribution is 6.20. The molecule has 0 aromatic rings. The van der Waals surface area contributed by atoms with Crippen molar-refractivity contribution in [3.8, 4) is 0 Å². The molecule has 0 saturated heterocycles. The molecule has 0 aliphatic heterocycles. The van der Waals surface area contributed by atoms with E-state index < -0.39 is 11.9 Å². The van der Waals surface area contributed by atoms with Gasteiger partial charge in [0.15, 0.2) is 0 Å². The van der Waals surface area contributed by atoms with Gasteiger partial charge in [-0.2, -0.15) is 0 Å². The van der Waals surface area contributed by atoms with Crippen molar-refractivity contribution in [1.29, 1.82) is 5.41 Å². The van der Waals surface area contributed by atoms with Crippen molar-refractivity contribution >= 4 is 23.3 Å². The summed E-state index contributed by atoms with van der Waals surface area (Å²) < 4.78 is 4.54. The molecule has 1 N–H and O–H groups in total. The summed E-state index contributed by atoms with van der Waals surface area (Å²) in [4.78, 5) is 11.1. The molecule has 0 saturated carbocycles. The van der Waals surface area contributed by atoms with Crippen molar-refractivity contribution in [2.75, 3.05) is 13.0 Å². The van der Waals surface area contributed by atoms with Gasteiger partial charge in [0.25, 0.3) is 0 Å². The summed E-state index contributed by atoms with van der Waals surface area (Å²) in [6, 6.07) is 0. The summed E-state index contributed by atoms with van der Waals surface area (Å²) in [5.74, 6) is -0.629. The summed E-state index contributed by atoms with van der Waals surface area (Å²) in [6.07, 6.45) is 4.97. The molecule has 0 spiro atoms. The maximum Gasteiger partial charge on any atom is 0.318 e. The van der Waals surface area contributed by atoms with E-state index in [4.69, 9.17) is 17.0 Å². The van der Waals surface area contributed by atoms with Crippen LogP contribution >= 0.6 is 11.6 Å². The Labute approximate surface area is 81.5 Å². The molecule has 1 aliphatic carbocycles. The number of allylic oxidation sites excluding steroid dienone is 3. The smallest absolute Gasteiger partial charge is 0.318 e. The van der Waals surface area contributed by atoms with Gasteiger partial charge in [-0.05, 0) is 11.6 Å². The molecule has 0 aromatic heterocycles. The molecule has 13 heavy (non-hydrogen) atoms. The Morgan fingerprint density at radius 2 is 2.46 bits per heavy atom. The molecule has 0 amide bonds. The zero-order valence-electron chi connectivity index (χ0n) is 7.21. The Balaban J connectivity index is 2.77. The number of carbonyl (C=O) groups excluding carboxylic acids is 1. The summed E-state index contributed by atoms with van der Waals surface area (Å²) in [5, 5.41) is 7.53. The SMILES string of the molecule is COC(=O)C1C=CC(CCl)=CC1=N. The van der Waals surface area contributed by atoms with Gasteiger partial charge < -0.3 is 10.1 Å². The van der Waals surface area contributed by atoms with Crippen LogP contribution in [0, 0.1) is 11.3 Å². The lowest BCUT2D eigenvalue weighted by atomic mass is 9.95. The minimum Gasteiger partial charge on any atom is -0.468 e. The Hall–Kier alpha value is -1.09. The summed E-state index contributed by atoms with van der Waals surface area (Å²) >= 11 is 5.57. The number of carbonyl (C=O) groups is 1. The number of nitrogens with one attached hydrogen (secondary N) is 1. The predicted octanol–water partition coefficient (Wildman–Crippen LogP) is 1.53. The van der Waals surface area contributed by atoms with E-state index in [2.05, 4.69) is 4.74 Å². The maximum absolute atomic E-state index is 11.1. The minimum atomic E-state index is -0.572. The third-order valence-electron chi connectivity index (χ3n) is 1.79. The highest BCUT2D eigenvalue weighted by atomic mass is 35.5. The Kier molecular flexibility index (Phi) is 3.25. The van der Waals surface area contributed by atoms with Crippen LogP contribution in [0.25, 0.3) is 0 Å². The second-order valence-corrected chi connectivity index (χ2v) is 2.94. The van der Waals surface area contributed by atoms with E-state index in [1.807, 2.05) is 0 Å². The van der Waals surface area contributed by atoms with E-state index >= 15 is 0 Å². The van der Waals surface area contributed by atoms with E-state index in [0.29, 0.717) is 5.88 Å². The van der Waals surface area contributed by atoms with Gasteiger partial charge in [0.1, 0.15) is 5.92 Å². The number of methoxy groups -OCH3 is 1. The summed E-state index contributed by atoms with van der Waals surface area (Å²) in [6.45, 7) is 0. The maximum atomic E-state index is 11.1. The molecule has 0 fully saturated rings. The first-order valence-corrected chi connectivity index (χ1v) is 4.33. The van der Waals surface area contributed by atoms with Gasteiger partial charge in [-0.25, -0.2) is 0 Å². The lowest BCUT2D eigenvalue weighted by Gasteiger charge is -2.13. The highest BCUT2D eigenvalue weighted by Crippen LogP contribution is 2.15. The average molecular weight is 200 g/mol. The van der Waals surface area contributed by atoms with Crippen molar-refractivity contribution < 1.29 is 9.53 Å². The second-order valence-electron chi connectivity index (χ2n) is 2.67. The molecular weight excluding hydrogens is 190 g/mol. The van der Waals surface area contributed by atoms with Crippen LogP contribution in [0.4, 0.5) is 0 Å². The number of rotatable bonds is 2.